The number of benzene rings is 2. The smallest absolute Gasteiger partial charge is 0.270 e. The van der Waals surface area contributed by atoms with E-state index in [9.17, 15) is 19.7 Å². The van der Waals surface area contributed by atoms with E-state index >= 15 is 0 Å². The van der Waals surface area contributed by atoms with Crippen molar-refractivity contribution in [1.29, 1.82) is 0 Å². The van der Waals surface area contributed by atoms with Crippen molar-refractivity contribution < 1.29 is 14.5 Å². The van der Waals surface area contributed by atoms with Gasteiger partial charge in [0.1, 0.15) is 5.70 Å². The van der Waals surface area contributed by atoms with Crippen LogP contribution in [0.5, 0.6) is 0 Å². The maximum absolute atomic E-state index is 12.5. The normalized spacial score (nSPS) is 11.3. The number of hydrogen-bond acceptors (Lipinski definition) is 4. The van der Waals surface area contributed by atoms with E-state index in [0.29, 0.717) is 12.1 Å². The molecule has 0 aliphatic heterocycles. The molecule has 150 valence electrons. The third-order valence-electron chi connectivity index (χ3n) is 3.94. The van der Waals surface area contributed by atoms with Crippen LogP contribution in [0.1, 0.15) is 30.9 Å². The summed E-state index contributed by atoms with van der Waals surface area (Å²) >= 11 is 0. The number of carbonyl (C=O) groups is 2. The highest BCUT2D eigenvalue weighted by molar-refractivity contribution is 6.04. The van der Waals surface area contributed by atoms with Crippen molar-refractivity contribution in [2.24, 2.45) is 0 Å². The predicted octanol–water partition coefficient (Wildman–Crippen LogP) is 3.68. The molecular formula is C22H23N3O4. The van der Waals surface area contributed by atoms with Gasteiger partial charge in [-0.15, -0.1) is 0 Å². The minimum atomic E-state index is -0.514. The molecule has 0 unspecified atom stereocenters. The van der Waals surface area contributed by atoms with Crippen molar-refractivity contribution >= 4 is 29.7 Å². The van der Waals surface area contributed by atoms with E-state index in [-0.39, 0.29) is 11.4 Å². The number of nitro benzene ring substituents is 1. The van der Waals surface area contributed by atoms with Crippen molar-refractivity contribution in [3.05, 3.63) is 87.6 Å². The number of nitrogens with zero attached hydrogens (tertiary/aromatic N) is 1. The third kappa shape index (κ3) is 7.42. The number of amides is 2. The highest BCUT2D eigenvalue weighted by atomic mass is 16.6. The fourth-order valence-electron chi connectivity index (χ4n) is 2.44. The van der Waals surface area contributed by atoms with Gasteiger partial charge in [-0.05, 0) is 29.7 Å². The van der Waals surface area contributed by atoms with Gasteiger partial charge < -0.3 is 10.6 Å². The second-order valence-corrected chi connectivity index (χ2v) is 6.25. The van der Waals surface area contributed by atoms with Crippen LogP contribution in [0.15, 0.2) is 66.4 Å². The Hall–Kier alpha value is -3.74. The van der Waals surface area contributed by atoms with Crippen LogP contribution < -0.4 is 10.6 Å². The summed E-state index contributed by atoms with van der Waals surface area (Å²) < 4.78 is 0. The average molecular weight is 393 g/mol. The number of unbranched alkanes of at least 4 members (excludes halogenated alkanes) is 1. The van der Waals surface area contributed by atoms with Crippen molar-refractivity contribution in [2.45, 2.75) is 19.8 Å². The summed E-state index contributed by atoms with van der Waals surface area (Å²) in [7, 11) is 0. The van der Waals surface area contributed by atoms with Crippen LogP contribution in [0.2, 0.25) is 0 Å². The van der Waals surface area contributed by atoms with E-state index in [4.69, 9.17) is 0 Å². The Kier molecular flexibility index (Phi) is 8.31. The van der Waals surface area contributed by atoms with E-state index in [1.807, 2.05) is 37.3 Å². The Balaban J connectivity index is 2.21. The maximum Gasteiger partial charge on any atom is 0.270 e. The SMILES string of the molecule is CCCCNC(=O)/C(=C\c1cccc([N+](=O)[O-])c1)NC(=O)/C=C/c1ccccc1. The highest BCUT2D eigenvalue weighted by Gasteiger charge is 2.13. The van der Waals surface area contributed by atoms with Gasteiger partial charge in [0.2, 0.25) is 5.91 Å². The zero-order valence-electron chi connectivity index (χ0n) is 16.1. The minimum absolute atomic E-state index is 0.0179. The molecule has 0 saturated heterocycles. The lowest BCUT2D eigenvalue weighted by atomic mass is 10.1. The van der Waals surface area contributed by atoms with Crippen molar-refractivity contribution in [3.63, 3.8) is 0 Å². The average Bonchev–Trinajstić information content (AvgIpc) is 2.73. The molecule has 7 heteroatoms. The fourth-order valence-corrected chi connectivity index (χ4v) is 2.44. The lowest BCUT2D eigenvalue weighted by molar-refractivity contribution is -0.384. The van der Waals surface area contributed by atoms with Crippen molar-refractivity contribution in [1.82, 2.24) is 10.6 Å². The Labute approximate surface area is 169 Å². The standard InChI is InChI=1S/C22H23N3O4/c1-2-3-14-23-22(27)20(16-18-10-7-11-19(15-18)25(28)29)24-21(26)13-12-17-8-5-4-6-9-17/h4-13,15-16H,2-3,14H2,1H3,(H,23,27)(H,24,26)/b13-12+,20-16+. The van der Waals surface area contributed by atoms with Crippen molar-refractivity contribution in [3.8, 4) is 0 Å². The number of rotatable bonds is 9. The Morgan fingerprint density at radius 1 is 1.07 bits per heavy atom. The summed E-state index contributed by atoms with van der Waals surface area (Å²) in [6.45, 7) is 2.47. The maximum atomic E-state index is 12.5. The zero-order valence-corrected chi connectivity index (χ0v) is 16.1. The lowest BCUT2D eigenvalue weighted by Gasteiger charge is -2.09. The summed E-state index contributed by atoms with van der Waals surface area (Å²) in [5.74, 6) is -0.928. The van der Waals surface area contributed by atoms with Crippen LogP contribution in [0.3, 0.4) is 0 Å². The van der Waals surface area contributed by atoms with Gasteiger partial charge in [-0.2, -0.15) is 0 Å². The quantitative estimate of drug-likeness (QED) is 0.294. The molecule has 0 aliphatic rings. The molecule has 0 spiro atoms. The number of carbonyl (C=O) groups excluding carboxylic acids is 2. The molecule has 0 radical (unpaired) electrons. The van der Waals surface area contributed by atoms with Crippen LogP contribution in [0.25, 0.3) is 12.2 Å². The number of nitrogens with one attached hydrogen (secondary N) is 2. The first-order valence-corrected chi connectivity index (χ1v) is 9.28. The van der Waals surface area contributed by atoms with Gasteiger partial charge in [-0.3, -0.25) is 19.7 Å². The highest BCUT2D eigenvalue weighted by Crippen LogP contribution is 2.15. The molecule has 7 nitrogen and oxygen atoms in total. The molecule has 0 saturated carbocycles. The van der Waals surface area contributed by atoms with Crippen LogP contribution >= 0.6 is 0 Å². The molecule has 2 aromatic carbocycles. The van der Waals surface area contributed by atoms with Gasteiger partial charge in [0.05, 0.1) is 4.92 Å². The van der Waals surface area contributed by atoms with E-state index in [0.717, 1.165) is 18.4 Å². The monoisotopic (exact) mass is 393 g/mol. The van der Waals surface area contributed by atoms with Gasteiger partial charge >= 0.3 is 0 Å². The van der Waals surface area contributed by atoms with Gasteiger partial charge in [0.15, 0.2) is 0 Å². The molecule has 0 atom stereocenters. The minimum Gasteiger partial charge on any atom is -0.351 e. The van der Waals surface area contributed by atoms with Gasteiger partial charge in [0, 0.05) is 24.8 Å². The summed E-state index contributed by atoms with van der Waals surface area (Å²) in [6.07, 6.45) is 6.10. The van der Waals surface area contributed by atoms with Gasteiger partial charge in [0.25, 0.3) is 11.6 Å². The summed E-state index contributed by atoms with van der Waals surface area (Å²) in [5.41, 5.74) is 1.20. The number of nitro groups is 1. The Morgan fingerprint density at radius 3 is 2.48 bits per heavy atom. The third-order valence-corrected chi connectivity index (χ3v) is 3.94. The van der Waals surface area contributed by atoms with E-state index in [1.54, 1.807) is 12.1 Å². The van der Waals surface area contributed by atoms with Gasteiger partial charge in [-0.25, -0.2) is 0 Å². The number of hydrogen-bond donors (Lipinski definition) is 2. The Bertz CT molecular complexity index is 921. The zero-order chi connectivity index (χ0) is 21.1. The second kappa shape index (κ2) is 11.2. The fraction of sp³-hybridized carbons (Fsp3) is 0.182. The van der Waals surface area contributed by atoms with Crippen LogP contribution in [0.4, 0.5) is 5.69 Å². The molecule has 0 bridgehead atoms. The van der Waals surface area contributed by atoms with E-state index in [1.165, 1.54) is 30.4 Å². The van der Waals surface area contributed by atoms with Crippen LogP contribution in [-0.2, 0) is 9.59 Å². The molecule has 2 amide bonds. The van der Waals surface area contributed by atoms with Gasteiger partial charge in [-0.1, -0.05) is 55.8 Å². The molecule has 0 aromatic heterocycles. The number of non-ortho nitro benzene ring substituents is 1. The topological polar surface area (TPSA) is 101 Å². The molecule has 0 aliphatic carbocycles. The largest absolute Gasteiger partial charge is 0.351 e. The molecule has 2 rings (SSSR count). The first-order chi connectivity index (χ1) is 14.0. The summed E-state index contributed by atoms with van der Waals surface area (Å²) in [6, 6.07) is 15.1. The lowest BCUT2D eigenvalue weighted by Crippen LogP contribution is -2.34. The van der Waals surface area contributed by atoms with Crippen molar-refractivity contribution in [2.75, 3.05) is 6.54 Å². The predicted molar refractivity (Wildman–Crippen MR) is 113 cm³/mol. The van der Waals surface area contributed by atoms with E-state index < -0.39 is 16.7 Å². The first-order valence-electron chi connectivity index (χ1n) is 9.28. The molecule has 29 heavy (non-hydrogen) atoms. The van der Waals surface area contributed by atoms with Crippen LogP contribution in [0, 0.1) is 10.1 Å². The first kappa shape index (κ1) is 21.6. The molecule has 2 N–H and O–H groups in total. The Morgan fingerprint density at radius 2 is 1.79 bits per heavy atom. The second-order valence-electron chi connectivity index (χ2n) is 6.25. The molecule has 2 aromatic rings. The molecule has 0 fully saturated rings. The molecular weight excluding hydrogens is 370 g/mol. The summed E-state index contributed by atoms with van der Waals surface area (Å²) in [5, 5.41) is 16.3. The molecule has 0 heterocycles. The van der Waals surface area contributed by atoms with Crippen LogP contribution in [-0.4, -0.2) is 23.3 Å². The summed E-state index contributed by atoms with van der Waals surface area (Å²) in [4.78, 5) is 35.3. The van der Waals surface area contributed by atoms with E-state index in [2.05, 4.69) is 10.6 Å².